The highest BCUT2D eigenvalue weighted by molar-refractivity contribution is 7.09. The van der Waals surface area contributed by atoms with E-state index in [9.17, 15) is 0 Å². The predicted octanol–water partition coefficient (Wildman–Crippen LogP) is 3.77. The van der Waals surface area contributed by atoms with E-state index >= 15 is 0 Å². The maximum absolute atomic E-state index is 5.58. The van der Waals surface area contributed by atoms with Crippen molar-refractivity contribution in [2.45, 2.75) is 32.9 Å². The van der Waals surface area contributed by atoms with Crippen LogP contribution in [0.1, 0.15) is 22.8 Å². The number of nitrogens with zero attached hydrogens (tertiary/aromatic N) is 4. The van der Waals surface area contributed by atoms with E-state index in [1.807, 2.05) is 23.8 Å². The van der Waals surface area contributed by atoms with Crippen LogP contribution in [0.4, 0.5) is 0 Å². The van der Waals surface area contributed by atoms with E-state index in [0.717, 1.165) is 43.9 Å². The van der Waals surface area contributed by atoms with Gasteiger partial charge in [0.1, 0.15) is 11.6 Å². The summed E-state index contributed by atoms with van der Waals surface area (Å²) in [5.41, 5.74) is 5.76. The summed E-state index contributed by atoms with van der Waals surface area (Å²) in [7, 11) is 1.73. The first-order valence-electron chi connectivity index (χ1n) is 9.47. The van der Waals surface area contributed by atoms with Gasteiger partial charge in [0.05, 0.1) is 30.2 Å². The lowest BCUT2D eigenvalue weighted by Crippen LogP contribution is -2.28. The Morgan fingerprint density at radius 2 is 2.11 bits per heavy atom. The Kier molecular flexibility index (Phi) is 4.06. The molecule has 0 radical (unpaired) electrons. The van der Waals surface area contributed by atoms with Crippen LogP contribution >= 0.6 is 11.3 Å². The van der Waals surface area contributed by atoms with Crippen molar-refractivity contribution in [2.24, 2.45) is 5.41 Å². The lowest BCUT2D eigenvalue weighted by molar-refractivity contribution is 0.248. The van der Waals surface area contributed by atoms with Crippen LogP contribution in [0.5, 0.6) is 5.75 Å². The van der Waals surface area contributed by atoms with Crippen LogP contribution in [0.15, 0.2) is 36.0 Å². The molecular formula is C21H24N4OS. The van der Waals surface area contributed by atoms with Gasteiger partial charge >= 0.3 is 0 Å². The van der Waals surface area contributed by atoms with Gasteiger partial charge in [-0.15, -0.1) is 11.3 Å². The zero-order chi connectivity index (χ0) is 18.4. The molecule has 2 aromatic heterocycles. The Bertz CT molecular complexity index is 978. The molecule has 0 bridgehead atoms. The molecule has 0 N–H and O–H groups in total. The molecule has 1 atom stereocenters. The van der Waals surface area contributed by atoms with Gasteiger partial charge in [0.25, 0.3) is 0 Å². The van der Waals surface area contributed by atoms with Crippen LogP contribution in [-0.2, 0) is 19.5 Å². The minimum atomic E-state index is 0.318. The quantitative estimate of drug-likeness (QED) is 0.691. The zero-order valence-electron chi connectivity index (χ0n) is 15.8. The van der Waals surface area contributed by atoms with Crippen LogP contribution in [0.2, 0.25) is 0 Å². The maximum Gasteiger partial charge on any atom is 0.128 e. The van der Waals surface area contributed by atoms with Crippen LogP contribution < -0.4 is 4.74 Å². The minimum absolute atomic E-state index is 0.318. The molecule has 1 saturated heterocycles. The Morgan fingerprint density at radius 1 is 1.22 bits per heavy atom. The summed E-state index contributed by atoms with van der Waals surface area (Å²) in [6.07, 6.45) is 4.31. The van der Waals surface area contributed by atoms with E-state index < -0.39 is 0 Å². The number of thiazole rings is 1. The summed E-state index contributed by atoms with van der Waals surface area (Å²) in [5, 5.41) is 0. The molecule has 2 aliphatic heterocycles. The minimum Gasteiger partial charge on any atom is -0.496 e. The first kappa shape index (κ1) is 17.0. The average molecular weight is 381 g/mol. The van der Waals surface area contributed by atoms with Crippen molar-refractivity contribution >= 4 is 11.3 Å². The van der Waals surface area contributed by atoms with Gasteiger partial charge in [0.15, 0.2) is 0 Å². The summed E-state index contributed by atoms with van der Waals surface area (Å²) < 4.78 is 7.99. The first-order valence-corrected chi connectivity index (χ1v) is 10.3. The Labute approximate surface area is 163 Å². The smallest absolute Gasteiger partial charge is 0.128 e. The predicted molar refractivity (Wildman–Crippen MR) is 107 cm³/mol. The summed E-state index contributed by atoms with van der Waals surface area (Å²) in [6.45, 7) is 6.49. The van der Waals surface area contributed by atoms with Gasteiger partial charge in [0.2, 0.25) is 0 Å². The fourth-order valence-corrected chi connectivity index (χ4v) is 5.47. The van der Waals surface area contributed by atoms with Gasteiger partial charge in [-0.1, -0.05) is 12.1 Å². The number of benzene rings is 1. The summed E-state index contributed by atoms with van der Waals surface area (Å²) in [5.74, 6) is 2.13. The SMILES string of the molecule is COc1ccccc1-c1cnc2n1C[C@]1(CCN(Cc3scnc3C)C1)C2. The van der Waals surface area contributed by atoms with Gasteiger partial charge in [0, 0.05) is 41.9 Å². The van der Waals surface area contributed by atoms with Gasteiger partial charge < -0.3 is 9.30 Å². The van der Waals surface area contributed by atoms with E-state index in [-0.39, 0.29) is 0 Å². The van der Waals surface area contributed by atoms with E-state index in [1.54, 1.807) is 18.4 Å². The number of ether oxygens (including phenoxy) is 1. The third-order valence-corrected chi connectivity index (χ3v) is 7.00. The van der Waals surface area contributed by atoms with Gasteiger partial charge in [-0.25, -0.2) is 9.97 Å². The molecule has 2 aliphatic rings. The molecule has 0 amide bonds. The van der Waals surface area contributed by atoms with Crippen molar-refractivity contribution < 1.29 is 4.74 Å². The Balaban J connectivity index is 1.37. The number of rotatable bonds is 4. The lowest BCUT2D eigenvalue weighted by Gasteiger charge is -2.23. The van der Waals surface area contributed by atoms with Crippen LogP contribution in [0, 0.1) is 12.3 Å². The van der Waals surface area contributed by atoms with Crippen molar-refractivity contribution in [3.63, 3.8) is 0 Å². The number of aryl methyl sites for hydroxylation is 1. The third kappa shape index (κ3) is 2.87. The second-order valence-corrected chi connectivity index (χ2v) is 8.78. The van der Waals surface area contributed by atoms with Gasteiger partial charge in [-0.05, 0) is 32.0 Å². The normalized spacial score (nSPS) is 21.9. The number of aromatic nitrogens is 3. The van der Waals surface area contributed by atoms with E-state index in [4.69, 9.17) is 9.72 Å². The molecule has 0 aliphatic carbocycles. The second-order valence-electron chi connectivity index (χ2n) is 7.84. The van der Waals surface area contributed by atoms with Crippen molar-refractivity contribution in [2.75, 3.05) is 20.2 Å². The number of methoxy groups -OCH3 is 1. The summed E-state index contributed by atoms with van der Waals surface area (Å²) in [6, 6.07) is 8.23. The molecule has 6 heteroatoms. The van der Waals surface area contributed by atoms with E-state index in [2.05, 4.69) is 33.5 Å². The molecule has 0 unspecified atom stereocenters. The monoisotopic (exact) mass is 380 g/mol. The number of likely N-dealkylation sites (tertiary alicyclic amines) is 1. The Morgan fingerprint density at radius 3 is 2.93 bits per heavy atom. The number of hydrogen-bond acceptors (Lipinski definition) is 5. The molecular weight excluding hydrogens is 356 g/mol. The van der Waals surface area contributed by atoms with Crippen LogP contribution in [-0.4, -0.2) is 39.6 Å². The first-order chi connectivity index (χ1) is 13.2. The highest BCUT2D eigenvalue weighted by atomic mass is 32.1. The van der Waals surface area contributed by atoms with Crippen LogP contribution in [0.3, 0.4) is 0 Å². The molecule has 3 aromatic rings. The zero-order valence-corrected chi connectivity index (χ0v) is 16.6. The molecule has 5 nitrogen and oxygen atoms in total. The number of fused-ring (bicyclic) bond motifs is 1. The number of hydrogen-bond donors (Lipinski definition) is 0. The molecule has 1 fully saturated rings. The van der Waals surface area contributed by atoms with Crippen LogP contribution in [0.25, 0.3) is 11.3 Å². The van der Waals surface area contributed by atoms with Crippen molar-refractivity contribution in [1.82, 2.24) is 19.4 Å². The lowest BCUT2D eigenvalue weighted by atomic mass is 9.86. The number of imidazole rings is 1. The molecule has 1 spiro atoms. The topological polar surface area (TPSA) is 43.2 Å². The van der Waals surface area contributed by atoms with E-state index in [1.165, 1.54) is 28.5 Å². The summed E-state index contributed by atoms with van der Waals surface area (Å²) >= 11 is 1.78. The fraction of sp³-hybridized carbons (Fsp3) is 0.429. The largest absolute Gasteiger partial charge is 0.496 e. The molecule has 27 heavy (non-hydrogen) atoms. The van der Waals surface area contributed by atoms with E-state index in [0.29, 0.717) is 5.41 Å². The maximum atomic E-state index is 5.58. The average Bonchev–Trinajstić information content (AvgIpc) is 3.43. The van der Waals surface area contributed by atoms with Crippen molar-refractivity contribution in [3.8, 4) is 17.0 Å². The van der Waals surface area contributed by atoms with Gasteiger partial charge in [-0.3, -0.25) is 4.90 Å². The second kappa shape index (κ2) is 6.46. The molecule has 4 heterocycles. The van der Waals surface area contributed by atoms with Crippen molar-refractivity contribution in [1.29, 1.82) is 0 Å². The standard InChI is InChI=1S/C21H24N4OS/c1-15-19(27-14-23-15)11-24-8-7-21(12-24)9-20-22-10-17(25(20)13-21)16-5-3-4-6-18(16)26-2/h3-6,10,14H,7-9,11-13H2,1-2H3/t21-/m1/s1. The molecule has 1 aromatic carbocycles. The molecule has 0 saturated carbocycles. The number of para-hydroxylation sites is 1. The highest BCUT2D eigenvalue weighted by Crippen LogP contribution is 2.44. The fourth-order valence-electron chi connectivity index (χ4n) is 4.65. The third-order valence-electron chi connectivity index (χ3n) is 6.08. The molecule has 5 rings (SSSR count). The Hall–Kier alpha value is -2.18. The molecule has 140 valence electrons. The van der Waals surface area contributed by atoms with Crippen molar-refractivity contribution in [3.05, 3.63) is 52.4 Å². The van der Waals surface area contributed by atoms with Gasteiger partial charge in [-0.2, -0.15) is 0 Å². The highest BCUT2D eigenvalue weighted by Gasteiger charge is 2.44. The summed E-state index contributed by atoms with van der Waals surface area (Å²) in [4.78, 5) is 13.2.